The number of halogens is 2. The van der Waals surface area contributed by atoms with Crippen molar-refractivity contribution in [2.75, 3.05) is 0 Å². The second-order valence-electron chi connectivity index (χ2n) is 4.81. The van der Waals surface area contributed by atoms with Crippen molar-refractivity contribution in [3.63, 3.8) is 0 Å². The molecule has 5 nitrogen and oxygen atoms in total. The van der Waals surface area contributed by atoms with Gasteiger partial charge < -0.3 is 0 Å². The third-order valence-electron chi connectivity index (χ3n) is 3.28. The Hall–Kier alpha value is -3.09. The standard InChI is InChI=1S/C16H12F2N4O/c1-10-15(22-8-3-2-7-14(22)20-10)16(23)21-19-9-11-12(17)5-4-6-13(11)18/h2-9H,1H3,(H,21,23)/b19-9-. The monoisotopic (exact) mass is 314 g/mol. The van der Waals surface area contributed by atoms with E-state index in [1.807, 2.05) is 6.07 Å². The second kappa shape index (κ2) is 5.96. The Labute approximate surface area is 130 Å². The summed E-state index contributed by atoms with van der Waals surface area (Å²) in [7, 11) is 0. The van der Waals surface area contributed by atoms with E-state index in [0.717, 1.165) is 18.3 Å². The molecule has 0 aliphatic rings. The van der Waals surface area contributed by atoms with Crippen LogP contribution in [0, 0.1) is 18.6 Å². The molecule has 1 aromatic carbocycles. The van der Waals surface area contributed by atoms with Gasteiger partial charge in [0.05, 0.1) is 17.5 Å². The maximum Gasteiger partial charge on any atom is 0.290 e. The van der Waals surface area contributed by atoms with Crippen molar-refractivity contribution in [1.82, 2.24) is 14.8 Å². The molecule has 0 saturated carbocycles. The molecule has 0 unspecified atom stereocenters. The summed E-state index contributed by atoms with van der Waals surface area (Å²) in [6, 6.07) is 8.82. The summed E-state index contributed by atoms with van der Waals surface area (Å²) in [5.74, 6) is -2.03. The van der Waals surface area contributed by atoms with E-state index in [1.165, 1.54) is 6.07 Å². The second-order valence-corrected chi connectivity index (χ2v) is 4.81. The number of carbonyl (C=O) groups is 1. The Morgan fingerprint density at radius 3 is 2.70 bits per heavy atom. The Bertz CT molecular complexity index is 897. The summed E-state index contributed by atoms with van der Waals surface area (Å²) in [5.41, 5.74) is 3.41. The largest absolute Gasteiger partial charge is 0.295 e. The maximum atomic E-state index is 13.5. The van der Waals surface area contributed by atoms with E-state index in [0.29, 0.717) is 17.0 Å². The lowest BCUT2D eigenvalue weighted by Gasteiger charge is -2.02. The van der Waals surface area contributed by atoms with Crippen LogP contribution in [0.3, 0.4) is 0 Å². The van der Waals surface area contributed by atoms with Crippen LogP contribution in [0.4, 0.5) is 8.78 Å². The lowest BCUT2D eigenvalue weighted by molar-refractivity contribution is 0.0948. The maximum absolute atomic E-state index is 13.5. The lowest BCUT2D eigenvalue weighted by Crippen LogP contribution is -2.20. The molecule has 1 N–H and O–H groups in total. The van der Waals surface area contributed by atoms with Crippen LogP contribution in [0.2, 0.25) is 0 Å². The van der Waals surface area contributed by atoms with Crippen molar-refractivity contribution in [2.24, 2.45) is 5.10 Å². The van der Waals surface area contributed by atoms with Gasteiger partial charge in [0.15, 0.2) is 0 Å². The van der Waals surface area contributed by atoms with Crippen LogP contribution in [-0.4, -0.2) is 21.5 Å². The van der Waals surface area contributed by atoms with Gasteiger partial charge in [0.2, 0.25) is 0 Å². The smallest absolute Gasteiger partial charge is 0.290 e. The van der Waals surface area contributed by atoms with Crippen LogP contribution < -0.4 is 5.43 Å². The molecule has 7 heteroatoms. The molecule has 2 aromatic heterocycles. The summed E-state index contributed by atoms with van der Waals surface area (Å²) in [6.45, 7) is 1.70. The number of rotatable bonds is 3. The Morgan fingerprint density at radius 1 is 1.22 bits per heavy atom. The minimum atomic E-state index is -0.756. The fourth-order valence-corrected chi connectivity index (χ4v) is 2.23. The first-order valence-corrected chi connectivity index (χ1v) is 6.79. The van der Waals surface area contributed by atoms with Crippen molar-refractivity contribution in [1.29, 1.82) is 0 Å². The number of nitrogens with zero attached hydrogens (tertiary/aromatic N) is 3. The van der Waals surface area contributed by atoms with Gasteiger partial charge in [0, 0.05) is 6.20 Å². The molecular formula is C16H12F2N4O. The highest BCUT2D eigenvalue weighted by molar-refractivity contribution is 5.95. The summed E-state index contributed by atoms with van der Waals surface area (Å²) in [5, 5.41) is 3.62. The number of nitrogens with one attached hydrogen (secondary N) is 1. The molecule has 1 amide bonds. The Kier molecular flexibility index (Phi) is 3.84. The highest BCUT2D eigenvalue weighted by Gasteiger charge is 2.15. The number of hydrazone groups is 1. The number of imidazole rings is 1. The molecule has 116 valence electrons. The molecule has 3 aromatic rings. The number of amides is 1. The molecule has 0 fully saturated rings. The average molecular weight is 314 g/mol. The van der Waals surface area contributed by atoms with E-state index in [-0.39, 0.29) is 5.56 Å². The van der Waals surface area contributed by atoms with Gasteiger partial charge >= 0.3 is 0 Å². The van der Waals surface area contributed by atoms with Crippen molar-refractivity contribution in [3.8, 4) is 0 Å². The number of carbonyl (C=O) groups excluding carboxylic acids is 1. The number of aryl methyl sites for hydroxylation is 1. The molecule has 0 spiro atoms. The fraction of sp³-hybridized carbons (Fsp3) is 0.0625. The van der Waals surface area contributed by atoms with Crippen molar-refractivity contribution < 1.29 is 13.6 Å². The molecule has 0 aliphatic carbocycles. The number of benzene rings is 1. The van der Waals surface area contributed by atoms with Gasteiger partial charge in [0.25, 0.3) is 5.91 Å². The molecule has 0 atom stereocenters. The first-order valence-electron chi connectivity index (χ1n) is 6.79. The van der Waals surface area contributed by atoms with E-state index in [2.05, 4.69) is 15.5 Å². The minimum absolute atomic E-state index is 0.312. The fourth-order valence-electron chi connectivity index (χ4n) is 2.23. The molecule has 0 aliphatic heterocycles. The van der Waals surface area contributed by atoms with Gasteiger partial charge in [-0.1, -0.05) is 12.1 Å². The number of fused-ring (bicyclic) bond motifs is 1. The van der Waals surface area contributed by atoms with Crippen LogP contribution in [0.5, 0.6) is 0 Å². The number of hydrogen-bond acceptors (Lipinski definition) is 3. The summed E-state index contributed by atoms with van der Waals surface area (Å²) in [6.07, 6.45) is 2.63. The van der Waals surface area contributed by atoms with Gasteiger partial charge in [-0.2, -0.15) is 5.10 Å². The molecular weight excluding hydrogens is 302 g/mol. The quantitative estimate of drug-likeness (QED) is 0.597. The summed E-state index contributed by atoms with van der Waals surface area (Å²) >= 11 is 0. The van der Waals surface area contributed by atoms with Crippen molar-refractivity contribution in [3.05, 3.63) is 71.2 Å². The number of pyridine rings is 1. The zero-order valence-corrected chi connectivity index (χ0v) is 12.1. The van der Waals surface area contributed by atoms with E-state index in [4.69, 9.17) is 0 Å². The molecule has 0 saturated heterocycles. The lowest BCUT2D eigenvalue weighted by atomic mass is 10.2. The zero-order valence-electron chi connectivity index (χ0n) is 12.1. The third-order valence-corrected chi connectivity index (χ3v) is 3.28. The topological polar surface area (TPSA) is 58.8 Å². The van der Waals surface area contributed by atoms with Gasteiger partial charge in [-0.25, -0.2) is 19.2 Å². The number of hydrogen-bond donors (Lipinski definition) is 1. The van der Waals surface area contributed by atoms with E-state index in [1.54, 1.807) is 29.7 Å². The predicted molar refractivity (Wildman–Crippen MR) is 81.3 cm³/mol. The normalized spacial score (nSPS) is 11.3. The van der Waals surface area contributed by atoms with Crippen LogP contribution in [0.25, 0.3) is 5.65 Å². The van der Waals surface area contributed by atoms with Crippen LogP contribution in [0.1, 0.15) is 21.7 Å². The number of aromatic nitrogens is 2. The summed E-state index contributed by atoms with van der Waals surface area (Å²) < 4.78 is 28.5. The van der Waals surface area contributed by atoms with Crippen LogP contribution >= 0.6 is 0 Å². The third kappa shape index (κ3) is 2.80. The van der Waals surface area contributed by atoms with Gasteiger partial charge in [-0.05, 0) is 31.2 Å². The van der Waals surface area contributed by atoms with Crippen LogP contribution in [0.15, 0.2) is 47.7 Å². The Morgan fingerprint density at radius 2 is 1.96 bits per heavy atom. The minimum Gasteiger partial charge on any atom is -0.295 e. The molecule has 2 heterocycles. The van der Waals surface area contributed by atoms with E-state index in [9.17, 15) is 13.6 Å². The predicted octanol–water partition coefficient (Wildman–Crippen LogP) is 2.68. The van der Waals surface area contributed by atoms with Gasteiger partial charge in [-0.3, -0.25) is 9.20 Å². The van der Waals surface area contributed by atoms with E-state index < -0.39 is 17.5 Å². The van der Waals surface area contributed by atoms with Gasteiger partial charge in [0.1, 0.15) is 23.0 Å². The zero-order chi connectivity index (χ0) is 16.4. The highest BCUT2D eigenvalue weighted by atomic mass is 19.1. The Balaban J connectivity index is 1.84. The SMILES string of the molecule is Cc1nc2ccccn2c1C(=O)N/N=C\c1c(F)cccc1F. The van der Waals surface area contributed by atoms with E-state index >= 15 is 0 Å². The molecule has 0 bridgehead atoms. The van der Waals surface area contributed by atoms with Crippen molar-refractivity contribution >= 4 is 17.8 Å². The molecule has 3 rings (SSSR count). The molecule has 0 radical (unpaired) electrons. The summed E-state index contributed by atoms with van der Waals surface area (Å²) in [4.78, 5) is 16.5. The van der Waals surface area contributed by atoms with Gasteiger partial charge in [-0.15, -0.1) is 0 Å². The van der Waals surface area contributed by atoms with Crippen LogP contribution in [-0.2, 0) is 0 Å². The average Bonchev–Trinajstić information content (AvgIpc) is 2.86. The molecule has 23 heavy (non-hydrogen) atoms. The van der Waals surface area contributed by atoms with Crippen molar-refractivity contribution in [2.45, 2.75) is 6.92 Å². The first-order chi connectivity index (χ1) is 11.1. The highest BCUT2D eigenvalue weighted by Crippen LogP contribution is 2.12. The first kappa shape index (κ1) is 14.8.